The summed E-state index contributed by atoms with van der Waals surface area (Å²) in [5.74, 6) is 1.54. The van der Waals surface area contributed by atoms with Crippen molar-refractivity contribution in [2.45, 2.75) is 18.3 Å². The van der Waals surface area contributed by atoms with E-state index >= 15 is 0 Å². The molecule has 0 radical (unpaired) electrons. The van der Waals surface area contributed by atoms with Gasteiger partial charge >= 0.3 is 0 Å². The number of anilines is 2. The first-order valence-corrected chi connectivity index (χ1v) is 14.7. The molecular weight excluding hydrogens is 557 g/mol. The third-order valence-corrected chi connectivity index (χ3v) is 9.59. The number of amides is 1. The highest BCUT2D eigenvalue weighted by atomic mass is 35.5. The molecule has 4 aromatic rings. The highest BCUT2D eigenvalue weighted by Gasteiger charge is 2.60. The zero-order chi connectivity index (χ0) is 26.3. The summed E-state index contributed by atoms with van der Waals surface area (Å²) in [6, 6.07) is 27.0. The van der Waals surface area contributed by atoms with E-state index in [-0.39, 0.29) is 11.8 Å². The summed E-state index contributed by atoms with van der Waals surface area (Å²) in [7, 11) is 0. The molecule has 0 bridgehead atoms. The molecule has 0 N–H and O–H groups in total. The second-order valence-corrected chi connectivity index (χ2v) is 12.1. The van der Waals surface area contributed by atoms with Gasteiger partial charge in [-0.2, -0.15) is 5.10 Å². The number of benzene rings is 3. The van der Waals surface area contributed by atoms with Crippen LogP contribution in [0, 0.1) is 5.92 Å². The van der Waals surface area contributed by atoms with Crippen molar-refractivity contribution in [2.75, 3.05) is 15.7 Å². The smallest absolute Gasteiger partial charge is 0.239 e. The summed E-state index contributed by atoms with van der Waals surface area (Å²) in [6.45, 7) is 2.07. The standard InChI is InChI=1S/C29H23Cl2N3O2S2/c1-19-25(17-24-8-5-15-37-24)29(34(32-19)22-6-3-2-4-7-22)33(28(35)18-38-29)21-10-12-23(13-11-21)36-27-14-9-20(30)16-26(27)31/h2-16,25H,17-18H2,1H3. The van der Waals surface area contributed by atoms with Gasteiger partial charge in [0.05, 0.1) is 22.4 Å². The van der Waals surface area contributed by atoms with E-state index in [1.165, 1.54) is 4.88 Å². The molecule has 1 amide bonds. The number of thioether (sulfide) groups is 1. The van der Waals surface area contributed by atoms with Crippen molar-refractivity contribution < 1.29 is 9.53 Å². The van der Waals surface area contributed by atoms with E-state index in [4.69, 9.17) is 33.0 Å². The number of ether oxygens (including phenoxy) is 1. The largest absolute Gasteiger partial charge is 0.456 e. The average Bonchev–Trinajstić information content (AvgIpc) is 3.63. The predicted molar refractivity (Wildman–Crippen MR) is 159 cm³/mol. The number of thiophene rings is 1. The van der Waals surface area contributed by atoms with Crippen molar-refractivity contribution in [3.8, 4) is 11.5 Å². The molecule has 9 heteroatoms. The Hall–Kier alpha value is -2.97. The quantitative estimate of drug-likeness (QED) is 0.230. The van der Waals surface area contributed by atoms with E-state index in [9.17, 15) is 4.79 Å². The van der Waals surface area contributed by atoms with E-state index < -0.39 is 4.99 Å². The van der Waals surface area contributed by atoms with E-state index in [2.05, 4.69) is 24.4 Å². The fourth-order valence-electron chi connectivity index (χ4n) is 5.01. The van der Waals surface area contributed by atoms with Crippen molar-refractivity contribution in [3.05, 3.63) is 105 Å². The van der Waals surface area contributed by atoms with Crippen molar-refractivity contribution in [2.24, 2.45) is 11.0 Å². The van der Waals surface area contributed by atoms with Gasteiger partial charge < -0.3 is 4.74 Å². The molecular formula is C29H23Cl2N3O2S2. The topological polar surface area (TPSA) is 45.1 Å². The number of carbonyl (C=O) groups excluding carboxylic acids is 1. The van der Waals surface area contributed by atoms with Crippen LogP contribution in [-0.4, -0.2) is 22.4 Å². The molecule has 6 rings (SSSR count). The highest BCUT2D eigenvalue weighted by Crippen LogP contribution is 2.53. The molecule has 5 nitrogen and oxygen atoms in total. The highest BCUT2D eigenvalue weighted by molar-refractivity contribution is 8.02. The Morgan fingerprint density at radius 3 is 2.50 bits per heavy atom. The SMILES string of the molecule is CC1=NN(c2ccccc2)C2(SCC(=O)N2c2ccc(Oc3ccc(Cl)cc3Cl)cc2)C1Cc1cccs1. The summed E-state index contributed by atoms with van der Waals surface area (Å²) in [4.78, 5) is 16.0. The maximum Gasteiger partial charge on any atom is 0.239 e. The van der Waals surface area contributed by atoms with Gasteiger partial charge in [0.1, 0.15) is 11.5 Å². The third-order valence-electron chi connectivity index (χ3n) is 6.70. The predicted octanol–water partition coefficient (Wildman–Crippen LogP) is 8.34. The van der Waals surface area contributed by atoms with Crippen molar-refractivity contribution >= 4 is 69.3 Å². The first kappa shape index (κ1) is 25.3. The first-order chi connectivity index (χ1) is 18.5. The minimum absolute atomic E-state index is 0.00149. The van der Waals surface area contributed by atoms with Crippen LogP contribution >= 0.6 is 46.3 Å². The molecule has 3 heterocycles. The number of hydrogen-bond donors (Lipinski definition) is 0. The summed E-state index contributed by atoms with van der Waals surface area (Å²) in [5.41, 5.74) is 2.74. The maximum absolute atomic E-state index is 13.6. The van der Waals surface area contributed by atoms with Crippen LogP contribution in [0.25, 0.3) is 0 Å². The molecule has 0 aliphatic carbocycles. The van der Waals surface area contributed by atoms with E-state index in [0.717, 1.165) is 23.5 Å². The molecule has 1 spiro atoms. The van der Waals surface area contributed by atoms with Crippen LogP contribution in [0.4, 0.5) is 11.4 Å². The molecule has 1 aromatic heterocycles. The lowest BCUT2D eigenvalue weighted by atomic mass is 9.94. The van der Waals surface area contributed by atoms with Gasteiger partial charge in [-0.05, 0) is 79.4 Å². The minimum Gasteiger partial charge on any atom is -0.456 e. The van der Waals surface area contributed by atoms with E-state index in [0.29, 0.717) is 27.3 Å². The molecule has 3 aromatic carbocycles. The van der Waals surface area contributed by atoms with Crippen LogP contribution in [-0.2, 0) is 11.2 Å². The molecule has 1 fully saturated rings. The van der Waals surface area contributed by atoms with E-state index in [1.807, 2.05) is 64.5 Å². The van der Waals surface area contributed by atoms with E-state index in [1.54, 1.807) is 41.3 Å². The lowest BCUT2D eigenvalue weighted by Gasteiger charge is -2.44. The van der Waals surface area contributed by atoms with Gasteiger partial charge in [0.2, 0.25) is 5.91 Å². The normalized spacial score (nSPS) is 20.9. The molecule has 2 unspecified atom stereocenters. The molecule has 2 aliphatic rings. The Kier molecular flexibility index (Phi) is 6.86. The van der Waals surface area contributed by atoms with Crippen LogP contribution in [0.3, 0.4) is 0 Å². The van der Waals surface area contributed by atoms with Crippen LogP contribution in [0.5, 0.6) is 11.5 Å². The summed E-state index contributed by atoms with van der Waals surface area (Å²) in [6.07, 6.45) is 0.795. The van der Waals surface area contributed by atoms with Crippen LogP contribution in [0.2, 0.25) is 10.0 Å². The Morgan fingerprint density at radius 2 is 1.79 bits per heavy atom. The fraction of sp³-hybridized carbons (Fsp3) is 0.172. The van der Waals surface area contributed by atoms with Crippen LogP contribution in [0.1, 0.15) is 11.8 Å². The molecule has 0 saturated carbocycles. The van der Waals surface area contributed by atoms with Gasteiger partial charge in [0.25, 0.3) is 0 Å². The third kappa shape index (κ3) is 4.47. The first-order valence-electron chi connectivity index (χ1n) is 12.1. The van der Waals surface area contributed by atoms with Gasteiger partial charge in [-0.15, -0.1) is 11.3 Å². The Bertz CT molecular complexity index is 1500. The minimum atomic E-state index is -0.728. The van der Waals surface area contributed by atoms with Gasteiger partial charge in [-0.3, -0.25) is 9.69 Å². The molecule has 2 aliphatic heterocycles. The average molecular weight is 581 g/mol. The van der Waals surface area contributed by atoms with Gasteiger partial charge in [-0.1, -0.05) is 59.2 Å². The number of hydrogen-bond acceptors (Lipinski definition) is 6. The molecule has 1 saturated heterocycles. The lowest BCUT2D eigenvalue weighted by Crippen LogP contribution is -2.58. The summed E-state index contributed by atoms with van der Waals surface area (Å²) >= 11 is 15.7. The van der Waals surface area contributed by atoms with Crippen molar-refractivity contribution in [1.29, 1.82) is 0 Å². The Morgan fingerprint density at radius 1 is 1.00 bits per heavy atom. The molecule has 2 atom stereocenters. The Labute approximate surface area is 239 Å². The molecule has 38 heavy (non-hydrogen) atoms. The van der Waals surface area contributed by atoms with Crippen LogP contribution in [0.15, 0.2) is 95.4 Å². The van der Waals surface area contributed by atoms with Crippen molar-refractivity contribution in [3.63, 3.8) is 0 Å². The second-order valence-electron chi connectivity index (χ2n) is 9.07. The second kappa shape index (κ2) is 10.3. The number of nitrogens with zero attached hydrogens (tertiary/aromatic N) is 3. The fourth-order valence-corrected chi connectivity index (χ4v) is 7.73. The Balaban J connectivity index is 1.39. The number of halogens is 2. The van der Waals surface area contributed by atoms with Gasteiger partial charge in [0, 0.05) is 21.3 Å². The summed E-state index contributed by atoms with van der Waals surface area (Å²) in [5, 5.41) is 10.1. The monoisotopic (exact) mass is 579 g/mol. The number of rotatable bonds is 6. The number of carbonyl (C=O) groups is 1. The zero-order valence-electron chi connectivity index (χ0n) is 20.4. The summed E-state index contributed by atoms with van der Waals surface area (Å²) < 4.78 is 5.99. The molecule has 192 valence electrons. The number of hydrazone groups is 1. The lowest BCUT2D eigenvalue weighted by molar-refractivity contribution is -0.116. The maximum atomic E-state index is 13.6. The van der Waals surface area contributed by atoms with Crippen LogP contribution < -0.4 is 14.6 Å². The van der Waals surface area contributed by atoms with Gasteiger partial charge in [0.15, 0.2) is 4.99 Å². The van der Waals surface area contributed by atoms with Crippen molar-refractivity contribution in [1.82, 2.24) is 0 Å². The number of para-hydroxylation sites is 1. The van der Waals surface area contributed by atoms with Gasteiger partial charge in [-0.25, -0.2) is 5.01 Å². The zero-order valence-corrected chi connectivity index (χ0v) is 23.5.